The molecule has 0 saturated carbocycles. The molecule has 1 aromatic carbocycles. The molecule has 3 N–H and O–H groups in total. The molecule has 0 aliphatic carbocycles. The Labute approximate surface area is 126 Å². The van der Waals surface area contributed by atoms with E-state index in [9.17, 15) is 0 Å². The van der Waals surface area contributed by atoms with Crippen LogP contribution in [-0.2, 0) is 6.54 Å². The highest BCUT2D eigenvalue weighted by Gasteiger charge is 2.10. The van der Waals surface area contributed by atoms with Gasteiger partial charge in [0.2, 0.25) is 0 Å². The Bertz CT molecular complexity index is 600. The maximum atomic E-state index is 5.64. The van der Waals surface area contributed by atoms with E-state index in [1.807, 2.05) is 18.2 Å². The van der Waals surface area contributed by atoms with Gasteiger partial charge in [0.15, 0.2) is 0 Å². The zero-order chi connectivity index (χ0) is 15.2. The summed E-state index contributed by atoms with van der Waals surface area (Å²) in [5.41, 5.74) is 4.71. The molecule has 0 radical (unpaired) electrons. The number of ether oxygens (including phenoxy) is 1. The zero-order valence-electron chi connectivity index (χ0n) is 13.0. The molecule has 2 rings (SSSR count). The molecule has 21 heavy (non-hydrogen) atoms. The molecule has 114 valence electrons. The van der Waals surface area contributed by atoms with Crippen LogP contribution in [0.25, 0.3) is 10.9 Å². The van der Waals surface area contributed by atoms with Gasteiger partial charge in [-0.25, -0.2) is 10.8 Å². The number of aromatic nitrogens is 1. The van der Waals surface area contributed by atoms with Crippen molar-refractivity contribution in [3.05, 3.63) is 29.8 Å². The van der Waals surface area contributed by atoms with Gasteiger partial charge in [0.1, 0.15) is 11.6 Å². The van der Waals surface area contributed by atoms with Crippen LogP contribution >= 0.6 is 0 Å². The third-order valence-corrected chi connectivity index (χ3v) is 3.62. The van der Waals surface area contributed by atoms with Crippen molar-refractivity contribution < 1.29 is 4.74 Å². The molecule has 5 heteroatoms. The lowest BCUT2D eigenvalue weighted by Gasteiger charge is -2.21. The van der Waals surface area contributed by atoms with Crippen molar-refractivity contribution in [1.29, 1.82) is 0 Å². The molecule has 0 fully saturated rings. The molecular weight excluding hydrogens is 264 g/mol. The zero-order valence-corrected chi connectivity index (χ0v) is 13.0. The van der Waals surface area contributed by atoms with Gasteiger partial charge in [-0.3, -0.25) is 4.90 Å². The number of hydrogen-bond acceptors (Lipinski definition) is 5. The van der Waals surface area contributed by atoms with E-state index < -0.39 is 0 Å². The average Bonchev–Trinajstić information content (AvgIpc) is 2.53. The number of methoxy groups -OCH3 is 1. The van der Waals surface area contributed by atoms with Crippen LogP contribution < -0.4 is 16.0 Å². The lowest BCUT2D eigenvalue weighted by Crippen LogP contribution is -2.25. The minimum atomic E-state index is 0.727. The van der Waals surface area contributed by atoms with Gasteiger partial charge in [-0.1, -0.05) is 13.8 Å². The molecule has 0 amide bonds. The summed E-state index contributed by atoms with van der Waals surface area (Å²) in [6.45, 7) is 7.29. The first-order valence-corrected chi connectivity index (χ1v) is 7.38. The summed E-state index contributed by atoms with van der Waals surface area (Å²) < 4.78 is 5.24. The lowest BCUT2D eigenvalue weighted by atomic mass is 10.1. The smallest absolute Gasteiger partial charge is 0.145 e. The lowest BCUT2D eigenvalue weighted by molar-refractivity contribution is 0.281. The van der Waals surface area contributed by atoms with Gasteiger partial charge in [-0.2, -0.15) is 0 Å². The minimum absolute atomic E-state index is 0.727. The first-order valence-electron chi connectivity index (χ1n) is 7.38. The van der Waals surface area contributed by atoms with Gasteiger partial charge in [-0.15, -0.1) is 0 Å². The Morgan fingerprint density at radius 2 is 2.10 bits per heavy atom. The fourth-order valence-corrected chi connectivity index (χ4v) is 2.47. The summed E-state index contributed by atoms with van der Waals surface area (Å²) in [4.78, 5) is 6.99. The molecule has 0 saturated heterocycles. The van der Waals surface area contributed by atoms with E-state index in [4.69, 9.17) is 10.6 Å². The van der Waals surface area contributed by atoms with E-state index in [1.165, 1.54) is 0 Å². The van der Waals surface area contributed by atoms with Crippen LogP contribution in [0.4, 0.5) is 5.82 Å². The van der Waals surface area contributed by atoms with Gasteiger partial charge in [0, 0.05) is 23.6 Å². The van der Waals surface area contributed by atoms with Crippen LogP contribution in [0.1, 0.15) is 25.8 Å². The standard InChI is InChI=1S/C16H24N4O/c1-4-8-20(5-2)11-13-9-12-6-7-14(21-3)10-15(12)18-16(13)19-17/h6-7,9-10H,4-5,8,11,17H2,1-3H3,(H,18,19). The number of hydrazine groups is 1. The maximum Gasteiger partial charge on any atom is 0.145 e. The number of hydrogen-bond donors (Lipinski definition) is 2. The van der Waals surface area contributed by atoms with Crippen LogP contribution in [0.2, 0.25) is 0 Å². The fourth-order valence-electron chi connectivity index (χ4n) is 2.47. The van der Waals surface area contributed by atoms with Gasteiger partial charge < -0.3 is 10.2 Å². The number of pyridine rings is 1. The Balaban J connectivity index is 2.38. The molecule has 1 heterocycles. The van der Waals surface area contributed by atoms with Crippen LogP contribution in [0.5, 0.6) is 5.75 Å². The van der Waals surface area contributed by atoms with E-state index in [2.05, 4.69) is 35.2 Å². The topological polar surface area (TPSA) is 63.4 Å². The molecule has 0 atom stereocenters. The van der Waals surface area contributed by atoms with E-state index >= 15 is 0 Å². The number of nitrogens with zero attached hydrogens (tertiary/aromatic N) is 2. The van der Waals surface area contributed by atoms with Gasteiger partial charge in [0.25, 0.3) is 0 Å². The van der Waals surface area contributed by atoms with Crippen molar-refractivity contribution in [3.63, 3.8) is 0 Å². The number of fused-ring (bicyclic) bond motifs is 1. The van der Waals surface area contributed by atoms with Crippen molar-refractivity contribution in [1.82, 2.24) is 9.88 Å². The monoisotopic (exact) mass is 288 g/mol. The number of rotatable bonds is 7. The van der Waals surface area contributed by atoms with Crippen LogP contribution in [-0.4, -0.2) is 30.1 Å². The van der Waals surface area contributed by atoms with E-state index in [0.29, 0.717) is 0 Å². The second kappa shape index (κ2) is 7.24. The first-order chi connectivity index (χ1) is 10.2. The Morgan fingerprint density at radius 3 is 2.71 bits per heavy atom. The maximum absolute atomic E-state index is 5.64. The summed E-state index contributed by atoms with van der Waals surface area (Å²) in [7, 11) is 1.65. The highest BCUT2D eigenvalue weighted by atomic mass is 16.5. The summed E-state index contributed by atoms with van der Waals surface area (Å²) in [5, 5.41) is 1.09. The molecule has 0 bridgehead atoms. The average molecular weight is 288 g/mol. The van der Waals surface area contributed by atoms with Gasteiger partial charge in [-0.05, 0) is 37.7 Å². The summed E-state index contributed by atoms with van der Waals surface area (Å²) >= 11 is 0. The van der Waals surface area contributed by atoms with Crippen molar-refractivity contribution in [2.45, 2.75) is 26.8 Å². The second-order valence-corrected chi connectivity index (χ2v) is 5.07. The number of anilines is 1. The normalized spacial score (nSPS) is 11.1. The third kappa shape index (κ3) is 3.62. The summed E-state index contributed by atoms with van der Waals surface area (Å²) in [6.07, 6.45) is 1.14. The second-order valence-electron chi connectivity index (χ2n) is 5.07. The first kappa shape index (κ1) is 15.5. The fraction of sp³-hybridized carbons (Fsp3) is 0.438. The van der Waals surface area contributed by atoms with Crippen LogP contribution in [0.15, 0.2) is 24.3 Å². The predicted molar refractivity (Wildman–Crippen MR) is 87.3 cm³/mol. The quantitative estimate of drug-likeness (QED) is 0.606. The van der Waals surface area contributed by atoms with Crippen molar-refractivity contribution in [2.75, 3.05) is 25.6 Å². The van der Waals surface area contributed by atoms with E-state index in [0.717, 1.165) is 54.1 Å². The Hall–Kier alpha value is -1.85. The van der Waals surface area contributed by atoms with E-state index in [1.54, 1.807) is 7.11 Å². The molecule has 2 aromatic rings. The molecule has 5 nitrogen and oxygen atoms in total. The molecule has 0 unspecified atom stereocenters. The summed E-state index contributed by atoms with van der Waals surface area (Å²) in [5.74, 6) is 7.17. The predicted octanol–water partition coefficient (Wildman–Crippen LogP) is 2.76. The number of nitrogens with two attached hydrogens (primary N) is 1. The molecule has 0 aliphatic heterocycles. The summed E-state index contributed by atoms with van der Waals surface area (Å²) in [6, 6.07) is 8.05. The van der Waals surface area contributed by atoms with Crippen molar-refractivity contribution >= 4 is 16.7 Å². The van der Waals surface area contributed by atoms with Crippen molar-refractivity contribution in [3.8, 4) is 5.75 Å². The molecular formula is C16H24N4O. The van der Waals surface area contributed by atoms with Crippen LogP contribution in [0, 0.1) is 0 Å². The van der Waals surface area contributed by atoms with E-state index in [-0.39, 0.29) is 0 Å². The highest BCUT2D eigenvalue weighted by Crippen LogP contribution is 2.24. The van der Waals surface area contributed by atoms with Gasteiger partial charge >= 0.3 is 0 Å². The SMILES string of the molecule is CCCN(CC)Cc1cc2ccc(OC)cc2nc1NN. The number of benzene rings is 1. The largest absolute Gasteiger partial charge is 0.497 e. The highest BCUT2D eigenvalue weighted by molar-refractivity contribution is 5.83. The third-order valence-electron chi connectivity index (χ3n) is 3.62. The van der Waals surface area contributed by atoms with Crippen LogP contribution in [0.3, 0.4) is 0 Å². The minimum Gasteiger partial charge on any atom is -0.497 e. The van der Waals surface area contributed by atoms with Crippen molar-refractivity contribution in [2.24, 2.45) is 5.84 Å². The molecule has 0 spiro atoms. The Morgan fingerprint density at radius 1 is 1.29 bits per heavy atom. The van der Waals surface area contributed by atoms with Gasteiger partial charge in [0.05, 0.1) is 12.6 Å². The number of nitrogen functional groups attached to an aromatic ring is 1. The molecule has 0 aliphatic rings. The molecule has 1 aromatic heterocycles. The number of nitrogens with one attached hydrogen (secondary N) is 1. The Kier molecular flexibility index (Phi) is 5.36.